The number of carbonyl (C=O) groups excluding carboxylic acids is 1. The second-order valence-electron chi connectivity index (χ2n) is 4.78. The van der Waals surface area contributed by atoms with Crippen molar-refractivity contribution in [3.63, 3.8) is 0 Å². The van der Waals surface area contributed by atoms with Gasteiger partial charge in [0.15, 0.2) is 0 Å². The zero-order valence-corrected chi connectivity index (χ0v) is 11.2. The van der Waals surface area contributed by atoms with Crippen LogP contribution in [0.1, 0.15) is 24.2 Å². The Bertz CT molecular complexity index is 456. The van der Waals surface area contributed by atoms with Gasteiger partial charge in [0.1, 0.15) is 5.82 Å². The number of benzene rings is 1. The van der Waals surface area contributed by atoms with Gasteiger partial charge in [-0.1, -0.05) is 17.7 Å². The molecule has 1 aliphatic heterocycles. The highest BCUT2D eigenvalue weighted by Crippen LogP contribution is 2.22. The van der Waals surface area contributed by atoms with Crippen LogP contribution in [-0.2, 0) is 0 Å². The number of amides is 1. The van der Waals surface area contributed by atoms with E-state index in [1.807, 2.05) is 13.8 Å². The molecule has 18 heavy (non-hydrogen) atoms. The highest BCUT2D eigenvalue weighted by molar-refractivity contribution is 6.34. The summed E-state index contributed by atoms with van der Waals surface area (Å²) in [6.07, 6.45) is 0. The van der Waals surface area contributed by atoms with Gasteiger partial charge in [0.05, 0.1) is 10.6 Å². The maximum absolute atomic E-state index is 13.3. The molecule has 0 radical (unpaired) electrons. The molecule has 1 heterocycles. The summed E-state index contributed by atoms with van der Waals surface area (Å²) in [5.74, 6) is -0.765. The van der Waals surface area contributed by atoms with Crippen molar-refractivity contribution in [1.82, 2.24) is 10.2 Å². The zero-order chi connectivity index (χ0) is 13.3. The van der Waals surface area contributed by atoms with E-state index in [4.69, 9.17) is 11.6 Å². The normalized spacial score (nSPS) is 24.1. The number of nitrogens with one attached hydrogen (secondary N) is 1. The van der Waals surface area contributed by atoms with Crippen LogP contribution in [-0.4, -0.2) is 36.0 Å². The third-order valence-electron chi connectivity index (χ3n) is 3.03. The van der Waals surface area contributed by atoms with Crippen molar-refractivity contribution in [1.29, 1.82) is 0 Å². The molecule has 2 atom stereocenters. The minimum atomic E-state index is -0.557. The summed E-state index contributed by atoms with van der Waals surface area (Å²) in [5, 5.41) is 3.24. The van der Waals surface area contributed by atoms with E-state index in [-0.39, 0.29) is 28.6 Å². The third kappa shape index (κ3) is 2.65. The fourth-order valence-corrected chi connectivity index (χ4v) is 2.54. The van der Waals surface area contributed by atoms with Crippen LogP contribution in [0.25, 0.3) is 0 Å². The van der Waals surface area contributed by atoms with Gasteiger partial charge < -0.3 is 10.2 Å². The molecule has 1 aromatic rings. The molecule has 0 spiro atoms. The molecule has 3 nitrogen and oxygen atoms in total. The summed E-state index contributed by atoms with van der Waals surface area (Å²) in [4.78, 5) is 14.0. The number of hydrogen-bond acceptors (Lipinski definition) is 2. The largest absolute Gasteiger partial charge is 0.335 e. The van der Waals surface area contributed by atoms with E-state index < -0.39 is 5.82 Å². The molecule has 98 valence electrons. The zero-order valence-electron chi connectivity index (χ0n) is 10.4. The van der Waals surface area contributed by atoms with Crippen LogP contribution >= 0.6 is 11.6 Å². The Morgan fingerprint density at radius 2 is 2.00 bits per heavy atom. The molecule has 1 N–H and O–H groups in total. The first-order valence-electron chi connectivity index (χ1n) is 5.98. The fourth-order valence-electron chi connectivity index (χ4n) is 2.33. The summed E-state index contributed by atoms with van der Waals surface area (Å²) in [6.45, 7) is 5.25. The van der Waals surface area contributed by atoms with Crippen molar-refractivity contribution in [3.05, 3.63) is 34.6 Å². The van der Waals surface area contributed by atoms with Crippen molar-refractivity contribution < 1.29 is 9.18 Å². The lowest BCUT2D eigenvalue weighted by Gasteiger charge is -2.36. The molecule has 5 heteroatoms. The van der Waals surface area contributed by atoms with Gasteiger partial charge in [0.2, 0.25) is 0 Å². The van der Waals surface area contributed by atoms with E-state index >= 15 is 0 Å². The maximum atomic E-state index is 13.3. The number of nitrogens with zero attached hydrogens (tertiary/aromatic N) is 1. The molecule has 0 aliphatic carbocycles. The molecular formula is C13H16ClFN2O. The minimum absolute atomic E-state index is 0.0960. The van der Waals surface area contributed by atoms with Gasteiger partial charge in [-0.15, -0.1) is 0 Å². The summed E-state index contributed by atoms with van der Waals surface area (Å²) in [5.41, 5.74) is 0.234. The third-order valence-corrected chi connectivity index (χ3v) is 3.41. The Balaban J connectivity index is 2.23. The minimum Gasteiger partial charge on any atom is -0.335 e. The van der Waals surface area contributed by atoms with Crippen LogP contribution in [0.4, 0.5) is 4.39 Å². The van der Waals surface area contributed by atoms with E-state index in [1.165, 1.54) is 12.1 Å². The van der Waals surface area contributed by atoms with Gasteiger partial charge in [-0.2, -0.15) is 0 Å². The van der Waals surface area contributed by atoms with Crippen molar-refractivity contribution in [3.8, 4) is 0 Å². The predicted molar refractivity (Wildman–Crippen MR) is 69.4 cm³/mol. The van der Waals surface area contributed by atoms with Crippen LogP contribution in [0.2, 0.25) is 5.02 Å². The van der Waals surface area contributed by atoms with Crippen molar-refractivity contribution in [2.45, 2.75) is 25.9 Å². The molecule has 1 fully saturated rings. The monoisotopic (exact) mass is 270 g/mol. The standard InChI is InChI=1S/C13H16ClFN2O/c1-8-6-17(7-9(2)16-8)13(18)10-4-3-5-11(15)12(10)14/h3-5,8-9,16H,6-7H2,1-2H3. The van der Waals surface area contributed by atoms with Gasteiger partial charge in [0, 0.05) is 25.2 Å². The lowest BCUT2D eigenvalue weighted by molar-refractivity contribution is 0.0673. The summed E-state index contributed by atoms with van der Waals surface area (Å²) >= 11 is 5.84. The van der Waals surface area contributed by atoms with Crippen LogP contribution < -0.4 is 5.32 Å². The average molecular weight is 271 g/mol. The van der Waals surface area contributed by atoms with Gasteiger partial charge in [-0.05, 0) is 26.0 Å². The van der Waals surface area contributed by atoms with Crippen LogP contribution in [0.5, 0.6) is 0 Å². The molecule has 1 aliphatic rings. The van der Waals surface area contributed by atoms with E-state index in [0.717, 1.165) is 0 Å². The highest BCUT2D eigenvalue weighted by atomic mass is 35.5. The molecule has 1 aromatic carbocycles. The summed E-state index contributed by atoms with van der Waals surface area (Å²) < 4.78 is 13.3. The topological polar surface area (TPSA) is 32.3 Å². The molecule has 2 unspecified atom stereocenters. The second-order valence-corrected chi connectivity index (χ2v) is 5.16. The summed E-state index contributed by atoms with van der Waals surface area (Å²) in [6, 6.07) is 4.77. The first kappa shape index (κ1) is 13.3. The second kappa shape index (κ2) is 5.24. The van der Waals surface area contributed by atoms with Gasteiger partial charge >= 0.3 is 0 Å². The average Bonchev–Trinajstić information content (AvgIpc) is 2.30. The predicted octanol–water partition coefficient (Wildman–Crippen LogP) is 2.30. The van der Waals surface area contributed by atoms with Crippen molar-refractivity contribution in [2.75, 3.05) is 13.1 Å². The first-order valence-corrected chi connectivity index (χ1v) is 6.36. The first-order chi connectivity index (χ1) is 8.49. The smallest absolute Gasteiger partial charge is 0.255 e. The molecule has 1 saturated heterocycles. The Kier molecular flexibility index (Phi) is 3.88. The lowest BCUT2D eigenvalue weighted by Crippen LogP contribution is -2.55. The van der Waals surface area contributed by atoms with E-state index in [1.54, 1.807) is 11.0 Å². The van der Waals surface area contributed by atoms with Crippen molar-refractivity contribution in [2.24, 2.45) is 0 Å². The molecular weight excluding hydrogens is 255 g/mol. The fraction of sp³-hybridized carbons (Fsp3) is 0.462. The molecule has 1 amide bonds. The Morgan fingerprint density at radius 1 is 1.39 bits per heavy atom. The SMILES string of the molecule is CC1CN(C(=O)c2cccc(F)c2Cl)CC(C)N1. The Labute approximate surface area is 111 Å². The van der Waals surface area contributed by atoms with Gasteiger partial charge in [0.25, 0.3) is 5.91 Å². The number of hydrogen-bond donors (Lipinski definition) is 1. The molecule has 0 saturated carbocycles. The van der Waals surface area contributed by atoms with E-state index in [9.17, 15) is 9.18 Å². The van der Waals surface area contributed by atoms with E-state index in [0.29, 0.717) is 13.1 Å². The number of piperazine rings is 1. The quantitative estimate of drug-likeness (QED) is 0.849. The van der Waals surface area contributed by atoms with Crippen LogP contribution in [0.3, 0.4) is 0 Å². The number of rotatable bonds is 1. The number of halogens is 2. The highest BCUT2D eigenvalue weighted by Gasteiger charge is 2.27. The van der Waals surface area contributed by atoms with Gasteiger partial charge in [-0.3, -0.25) is 4.79 Å². The van der Waals surface area contributed by atoms with E-state index in [2.05, 4.69) is 5.32 Å². The lowest BCUT2D eigenvalue weighted by atomic mass is 10.1. The Morgan fingerprint density at radius 3 is 2.61 bits per heavy atom. The maximum Gasteiger partial charge on any atom is 0.255 e. The number of carbonyl (C=O) groups is 1. The summed E-state index contributed by atoms with van der Waals surface area (Å²) in [7, 11) is 0. The molecule has 2 rings (SSSR count). The Hall–Kier alpha value is -1.13. The molecule has 0 bridgehead atoms. The van der Waals surface area contributed by atoms with Crippen LogP contribution in [0.15, 0.2) is 18.2 Å². The van der Waals surface area contributed by atoms with Crippen LogP contribution in [0, 0.1) is 5.82 Å². The van der Waals surface area contributed by atoms with Gasteiger partial charge in [-0.25, -0.2) is 4.39 Å². The molecule has 0 aromatic heterocycles. The van der Waals surface area contributed by atoms with Crippen molar-refractivity contribution >= 4 is 17.5 Å².